The number of hydrogen-bond donors (Lipinski definition) is 0. The van der Waals surface area contributed by atoms with Gasteiger partial charge in [-0.1, -0.05) is 30.9 Å². The van der Waals surface area contributed by atoms with E-state index >= 15 is 0 Å². The molecular weight excluding hydrogens is 204 g/mol. The summed E-state index contributed by atoms with van der Waals surface area (Å²) in [5.74, 6) is -0.964. The van der Waals surface area contributed by atoms with Crippen molar-refractivity contribution in [2.75, 3.05) is 7.11 Å². The van der Waals surface area contributed by atoms with Crippen LogP contribution in [0.25, 0.3) is 0 Å². The third-order valence-electron chi connectivity index (χ3n) is 2.26. The lowest BCUT2D eigenvalue weighted by molar-refractivity contribution is -0.146. The number of hydrogen-bond acceptors (Lipinski definition) is 3. The molecule has 3 heteroatoms. The standard InChI is InChI=1S/C13H18O3/c1-5-10(3)7-8-11(13(15)16-4)9-12(14)6-2/h5-7,11H,1-2,8-9H2,3-4H3/b10-7+/t11-/m0/s1. The summed E-state index contributed by atoms with van der Waals surface area (Å²) < 4.78 is 4.64. The number of carbonyl (C=O) groups is 2. The van der Waals surface area contributed by atoms with Crippen LogP contribution in [-0.2, 0) is 14.3 Å². The molecule has 0 aliphatic heterocycles. The summed E-state index contributed by atoms with van der Waals surface area (Å²) in [7, 11) is 1.32. The van der Waals surface area contributed by atoms with Gasteiger partial charge in [-0.25, -0.2) is 0 Å². The number of ether oxygens (including phenoxy) is 1. The summed E-state index contributed by atoms with van der Waals surface area (Å²) in [6.45, 7) is 8.88. The first-order valence-electron chi connectivity index (χ1n) is 5.07. The molecule has 0 aromatic heterocycles. The van der Waals surface area contributed by atoms with E-state index < -0.39 is 5.92 Å². The van der Waals surface area contributed by atoms with Gasteiger partial charge in [0.1, 0.15) is 0 Å². The molecule has 0 radical (unpaired) electrons. The van der Waals surface area contributed by atoms with Crippen molar-refractivity contribution < 1.29 is 14.3 Å². The van der Waals surface area contributed by atoms with E-state index in [0.717, 1.165) is 5.57 Å². The molecule has 0 amide bonds. The second kappa shape index (κ2) is 7.63. The van der Waals surface area contributed by atoms with E-state index in [2.05, 4.69) is 17.9 Å². The van der Waals surface area contributed by atoms with Crippen molar-refractivity contribution in [1.82, 2.24) is 0 Å². The number of methoxy groups -OCH3 is 1. The lowest BCUT2D eigenvalue weighted by Crippen LogP contribution is -2.18. The Morgan fingerprint density at radius 3 is 2.38 bits per heavy atom. The van der Waals surface area contributed by atoms with Crippen molar-refractivity contribution in [3.8, 4) is 0 Å². The molecule has 0 heterocycles. The fourth-order valence-electron chi connectivity index (χ4n) is 1.17. The van der Waals surface area contributed by atoms with Crippen LogP contribution in [0.5, 0.6) is 0 Å². The molecule has 0 aromatic rings. The van der Waals surface area contributed by atoms with Crippen LogP contribution < -0.4 is 0 Å². The van der Waals surface area contributed by atoms with E-state index in [1.165, 1.54) is 13.2 Å². The number of carbonyl (C=O) groups excluding carboxylic acids is 2. The molecular formula is C13H18O3. The van der Waals surface area contributed by atoms with Crippen LogP contribution in [0.4, 0.5) is 0 Å². The molecule has 1 atom stereocenters. The minimum Gasteiger partial charge on any atom is -0.469 e. The van der Waals surface area contributed by atoms with Gasteiger partial charge in [-0.05, 0) is 19.4 Å². The van der Waals surface area contributed by atoms with Gasteiger partial charge in [0.05, 0.1) is 13.0 Å². The first-order valence-corrected chi connectivity index (χ1v) is 5.07. The molecule has 3 nitrogen and oxygen atoms in total. The molecule has 0 rings (SSSR count). The highest BCUT2D eigenvalue weighted by Gasteiger charge is 2.20. The number of rotatable bonds is 7. The van der Waals surface area contributed by atoms with Crippen molar-refractivity contribution in [3.05, 3.63) is 37.0 Å². The van der Waals surface area contributed by atoms with E-state index in [-0.39, 0.29) is 18.2 Å². The Hall–Kier alpha value is -1.64. The summed E-state index contributed by atoms with van der Waals surface area (Å²) in [4.78, 5) is 22.6. The Kier molecular flexibility index (Phi) is 6.84. The number of allylic oxidation sites excluding steroid dienone is 4. The van der Waals surface area contributed by atoms with Crippen molar-refractivity contribution in [2.24, 2.45) is 5.92 Å². The van der Waals surface area contributed by atoms with E-state index in [4.69, 9.17) is 0 Å². The monoisotopic (exact) mass is 222 g/mol. The maximum atomic E-state index is 11.4. The summed E-state index contributed by atoms with van der Waals surface area (Å²) in [6, 6.07) is 0. The molecule has 0 aromatic carbocycles. The average molecular weight is 222 g/mol. The SMILES string of the molecule is C=CC(=O)C[C@H](C/C=C(\C)C=C)C(=O)OC. The topological polar surface area (TPSA) is 43.4 Å². The quantitative estimate of drug-likeness (QED) is 0.377. The molecule has 0 spiro atoms. The Morgan fingerprint density at radius 1 is 1.31 bits per heavy atom. The zero-order valence-corrected chi connectivity index (χ0v) is 9.86. The van der Waals surface area contributed by atoms with Crippen LogP contribution in [0.15, 0.2) is 37.0 Å². The van der Waals surface area contributed by atoms with Crippen LogP contribution >= 0.6 is 0 Å². The summed E-state index contributed by atoms with van der Waals surface area (Å²) in [6.07, 6.45) is 5.40. The van der Waals surface area contributed by atoms with Gasteiger partial charge in [-0.2, -0.15) is 0 Å². The van der Waals surface area contributed by atoms with E-state index in [1.807, 2.05) is 13.0 Å². The third-order valence-corrected chi connectivity index (χ3v) is 2.26. The zero-order valence-electron chi connectivity index (χ0n) is 9.86. The van der Waals surface area contributed by atoms with Gasteiger partial charge in [0.2, 0.25) is 0 Å². The predicted molar refractivity (Wildman–Crippen MR) is 63.9 cm³/mol. The highest BCUT2D eigenvalue weighted by atomic mass is 16.5. The second-order valence-corrected chi connectivity index (χ2v) is 3.48. The molecule has 0 saturated heterocycles. The molecule has 16 heavy (non-hydrogen) atoms. The second-order valence-electron chi connectivity index (χ2n) is 3.48. The smallest absolute Gasteiger partial charge is 0.309 e. The first-order chi connectivity index (χ1) is 7.54. The molecule has 0 bridgehead atoms. The lowest BCUT2D eigenvalue weighted by atomic mass is 9.97. The first kappa shape index (κ1) is 14.4. The lowest BCUT2D eigenvalue weighted by Gasteiger charge is -2.10. The molecule has 0 saturated carbocycles. The minimum absolute atomic E-state index is 0.136. The molecule has 0 fully saturated rings. The normalized spacial score (nSPS) is 12.8. The zero-order chi connectivity index (χ0) is 12.6. The van der Waals surface area contributed by atoms with E-state index in [1.54, 1.807) is 6.08 Å². The highest BCUT2D eigenvalue weighted by molar-refractivity contribution is 5.92. The Bertz CT molecular complexity index is 313. The fourth-order valence-corrected chi connectivity index (χ4v) is 1.17. The van der Waals surface area contributed by atoms with Gasteiger partial charge in [0.25, 0.3) is 0 Å². The highest BCUT2D eigenvalue weighted by Crippen LogP contribution is 2.14. The van der Waals surface area contributed by atoms with Gasteiger partial charge in [-0.3, -0.25) is 9.59 Å². The average Bonchev–Trinajstić information content (AvgIpc) is 2.32. The fraction of sp³-hybridized carbons (Fsp3) is 0.385. The molecule has 0 N–H and O–H groups in total. The van der Waals surface area contributed by atoms with Gasteiger partial charge >= 0.3 is 5.97 Å². The van der Waals surface area contributed by atoms with Gasteiger partial charge < -0.3 is 4.74 Å². The maximum absolute atomic E-state index is 11.4. The maximum Gasteiger partial charge on any atom is 0.309 e. The predicted octanol–water partition coefficient (Wildman–Crippen LogP) is 2.44. The van der Waals surface area contributed by atoms with E-state index in [9.17, 15) is 9.59 Å². The third kappa shape index (κ3) is 5.29. The van der Waals surface area contributed by atoms with Crippen molar-refractivity contribution in [1.29, 1.82) is 0 Å². The van der Waals surface area contributed by atoms with Gasteiger partial charge in [0, 0.05) is 6.42 Å². The van der Waals surface area contributed by atoms with Gasteiger partial charge in [0.15, 0.2) is 5.78 Å². The van der Waals surface area contributed by atoms with Crippen LogP contribution in [0, 0.1) is 5.92 Å². The molecule has 0 aliphatic carbocycles. The van der Waals surface area contributed by atoms with Crippen molar-refractivity contribution in [2.45, 2.75) is 19.8 Å². The molecule has 88 valence electrons. The largest absolute Gasteiger partial charge is 0.469 e. The van der Waals surface area contributed by atoms with Crippen molar-refractivity contribution in [3.63, 3.8) is 0 Å². The van der Waals surface area contributed by atoms with Crippen LogP contribution in [0.3, 0.4) is 0 Å². The van der Waals surface area contributed by atoms with Gasteiger partial charge in [-0.15, -0.1) is 0 Å². The summed E-state index contributed by atoms with van der Waals surface area (Å²) in [5.41, 5.74) is 0.972. The van der Waals surface area contributed by atoms with Crippen LogP contribution in [-0.4, -0.2) is 18.9 Å². The number of esters is 1. The Balaban J connectivity index is 4.55. The summed E-state index contributed by atoms with van der Waals surface area (Å²) in [5, 5.41) is 0. The van der Waals surface area contributed by atoms with Crippen LogP contribution in [0.1, 0.15) is 19.8 Å². The summed E-state index contributed by atoms with van der Waals surface area (Å²) >= 11 is 0. The Labute approximate surface area is 96.5 Å². The molecule has 0 aliphatic rings. The van der Waals surface area contributed by atoms with Crippen molar-refractivity contribution >= 4 is 11.8 Å². The molecule has 0 unspecified atom stereocenters. The van der Waals surface area contributed by atoms with Crippen LogP contribution in [0.2, 0.25) is 0 Å². The minimum atomic E-state index is -0.439. The van der Waals surface area contributed by atoms with E-state index in [0.29, 0.717) is 6.42 Å². The Morgan fingerprint density at radius 2 is 1.94 bits per heavy atom. The number of ketones is 1.